The van der Waals surface area contributed by atoms with E-state index in [1.165, 1.54) is 24.0 Å². The van der Waals surface area contributed by atoms with Crippen molar-refractivity contribution in [2.75, 3.05) is 0 Å². The van der Waals surface area contributed by atoms with Gasteiger partial charge in [-0.15, -0.1) is 0 Å². The molecule has 0 saturated heterocycles. The molecule has 3 rings (SSSR count). The van der Waals surface area contributed by atoms with Gasteiger partial charge in [0.25, 0.3) is 0 Å². The summed E-state index contributed by atoms with van der Waals surface area (Å²) in [6.07, 6.45) is 11.4. The van der Waals surface area contributed by atoms with E-state index < -0.39 is 0 Å². The van der Waals surface area contributed by atoms with Crippen LogP contribution in [0.1, 0.15) is 44.6 Å². The SMILES string of the molecule is CC1CCCC(C2=CCC(O)C=C2)(c2ccc(O)cc2)C1. The third-order valence-corrected chi connectivity index (χ3v) is 5.05. The van der Waals surface area contributed by atoms with Crippen LogP contribution < -0.4 is 0 Å². The molecule has 2 aliphatic rings. The number of aromatic hydroxyl groups is 1. The van der Waals surface area contributed by atoms with Crippen LogP contribution in [0.3, 0.4) is 0 Å². The second kappa shape index (κ2) is 5.69. The smallest absolute Gasteiger partial charge is 0.115 e. The standard InChI is InChI=1S/C19H24O2/c1-14-3-2-12-19(13-14,15-4-8-17(20)9-5-15)16-6-10-18(21)11-7-16/h4-10,14,18,20-21H,2-3,11-13H2,1H3. The van der Waals surface area contributed by atoms with Gasteiger partial charge in [0.05, 0.1) is 6.10 Å². The first kappa shape index (κ1) is 14.4. The molecule has 2 N–H and O–H groups in total. The summed E-state index contributed by atoms with van der Waals surface area (Å²) in [5.41, 5.74) is 2.67. The molecule has 1 aromatic carbocycles. The fourth-order valence-electron chi connectivity index (χ4n) is 3.99. The van der Waals surface area contributed by atoms with Crippen molar-refractivity contribution in [3.63, 3.8) is 0 Å². The lowest BCUT2D eigenvalue weighted by atomic mass is 9.61. The Balaban J connectivity index is 2.03. The monoisotopic (exact) mass is 284 g/mol. The van der Waals surface area contributed by atoms with Crippen molar-refractivity contribution >= 4 is 0 Å². The Bertz CT molecular complexity index is 555. The minimum Gasteiger partial charge on any atom is -0.508 e. The zero-order valence-electron chi connectivity index (χ0n) is 12.6. The van der Waals surface area contributed by atoms with Gasteiger partial charge in [0.2, 0.25) is 0 Å². The van der Waals surface area contributed by atoms with E-state index in [0.29, 0.717) is 18.1 Å². The van der Waals surface area contributed by atoms with E-state index in [-0.39, 0.29) is 11.5 Å². The predicted molar refractivity (Wildman–Crippen MR) is 85.3 cm³/mol. The van der Waals surface area contributed by atoms with Gasteiger partial charge in [-0.2, -0.15) is 0 Å². The van der Waals surface area contributed by atoms with Crippen LogP contribution in [0.5, 0.6) is 5.75 Å². The molecule has 2 nitrogen and oxygen atoms in total. The second-order valence-electron chi connectivity index (χ2n) is 6.65. The van der Waals surface area contributed by atoms with Gasteiger partial charge in [0, 0.05) is 5.41 Å². The lowest BCUT2D eigenvalue weighted by molar-refractivity contribution is 0.221. The number of aliphatic hydroxyl groups is 1. The molecule has 3 atom stereocenters. The first-order chi connectivity index (χ1) is 10.1. The molecule has 3 unspecified atom stereocenters. The van der Waals surface area contributed by atoms with Gasteiger partial charge in [-0.05, 0) is 48.4 Å². The van der Waals surface area contributed by atoms with Gasteiger partial charge in [-0.1, -0.05) is 50.1 Å². The summed E-state index contributed by atoms with van der Waals surface area (Å²) >= 11 is 0. The van der Waals surface area contributed by atoms with Gasteiger partial charge < -0.3 is 10.2 Å². The molecule has 0 heterocycles. The second-order valence-corrected chi connectivity index (χ2v) is 6.65. The number of phenolic OH excluding ortho intramolecular Hbond substituents is 1. The van der Waals surface area contributed by atoms with Crippen LogP contribution in [0.15, 0.2) is 48.1 Å². The first-order valence-corrected chi connectivity index (χ1v) is 7.96. The van der Waals surface area contributed by atoms with Crippen molar-refractivity contribution < 1.29 is 10.2 Å². The molecule has 21 heavy (non-hydrogen) atoms. The number of hydrogen-bond donors (Lipinski definition) is 2. The third-order valence-electron chi connectivity index (χ3n) is 5.05. The molecule has 0 spiro atoms. The van der Waals surface area contributed by atoms with Crippen LogP contribution >= 0.6 is 0 Å². The van der Waals surface area contributed by atoms with Gasteiger partial charge >= 0.3 is 0 Å². The zero-order valence-corrected chi connectivity index (χ0v) is 12.6. The van der Waals surface area contributed by atoms with Crippen LogP contribution in [0.25, 0.3) is 0 Å². The van der Waals surface area contributed by atoms with Crippen molar-refractivity contribution in [3.8, 4) is 5.75 Å². The molecule has 0 aliphatic heterocycles. The molecule has 1 aromatic rings. The van der Waals surface area contributed by atoms with E-state index >= 15 is 0 Å². The molecule has 2 aliphatic carbocycles. The van der Waals surface area contributed by atoms with Crippen LogP contribution in [0, 0.1) is 5.92 Å². The van der Waals surface area contributed by atoms with E-state index in [2.05, 4.69) is 31.2 Å². The summed E-state index contributed by atoms with van der Waals surface area (Å²) in [5.74, 6) is 1.02. The first-order valence-electron chi connectivity index (χ1n) is 7.96. The van der Waals surface area contributed by atoms with Crippen LogP contribution in [-0.4, -0.2) is 16.3 Å². The fourth-order valence-corrected chi connectivity index (χ4v) is 3.99. The van der Waals surface area contributed by atoms with E-state index in [0.717, 1.165) is 12.8 Å². The Morgan fingerprint density at radius 1 is 1.19 bits per heavy atom. The number of aliphatic hydroxyl groups excluding tert-OH is 1. The van der Waals surface area contributed by atoms with Crippen molar-refractivity contribution in [3.05, 3.63) is 53.6 Å². The Morgan fingerprint density at radius 2 is 1.95 bits per heavy atom. The highest BCUT2D eigenvalue weighted by atomic mass is 16.3. The largest absolute Gasteiger partial charge is 0.508 e. The average molecular weight is 284 g/mol. The molecular weight excluding hydrogens is 260 g/mol. The lowest BCUT2D eigenvalue weighted by Crippen LogP contribution is -2.34. The summed E-state index contributed by atoms with van der Waals surface area (Å²) in [5, 5.41) is 19.3. The average Bonchev–Trinajstić information content (AvgIpc) is 2.48. The maximum Gasteiger partial charge on any atom is 0.115 e. The Labute approximate surface area is 126 Å². The Morgan fingerprint density at radius 3 is 2.57 bits per heavy atom. The van der Waals surface area contributed by atoms with Gasteiger partial charge in [-0.3, -0.25) is 0 Å². The lowest BCUT2D eigenvalue weighted by Gasteiger charge is -2.43. The number of phenols is 1. The summed E-state index contributed by atoms with van der Waals surface area (Å²) in [4.78, 5) is 0. The third kappa shape index (κ3) is 2.77. The number of hydrogen-bond acceptors (Lipinski definition) is 2. The molecule has 1 saturated carbocycles. The van der Waals surface area contributed by atoms with Crippen molar-refractivity contribution in [2.45, 2.75) is 50.5 Å². The van der Waals surface area contributed by atoms with Crippen LogP contribution in [-0.2, 0) is 5.41 Å². The maximum absolute atomic E-state index is 9.70. The number of allylic oxidation sites excluding steroid dienone is 2. The summed E-state index contributed by atoms with van der Waals surface area (Å²) in [7, 11) is 0. The normalized spacial score (nSPS) is 32.8. The highest BCUT2D eigenvalue weighted by Gasteiger charge is 2.39. The molecule has 0 bridgehead atoms. The number of benzene rings is 1. The van der Waals surface area contributed by atoms with E-state index in [1.54, 1.807) is 12.1 Å². The van der Waals surface area contributed by atoms with Gasteiger partial charge in [0.1, 0.15) is 5.75 Å². The minimum atomic E-state index is -0.341. The fraction of sp³-hybridized carbons (Fsp3) is 0.474. The molecule has 1 fully saturated rings. The van der Waals surface area contributed by atoms with E-state index in [1.807, 2.05) is 6.08 Å². The maximum atomic E-state index is 9.70. The number of rotatable bonds is 2. The highest BCUT2D eigenvalue weighted by molar-refractivity contribution is 5.45. The molecular formula is C19H24O2. The van der Waals surface area contributed by atoms with E-state index in [4.69, 9.17) is 0 Å². The molecule has 112 valence electrons. The van der Waals surface area contributed by atoms with Crippen LogP contribution in [0.2, 0.25) is 0 Å². The van der Waals surface area contributed by atoms with E-state index in [9.17, 15) is 10.2 Å². The Kier molecular flexibility index (Phi) is 3.90. The van der Waals surface area contributed by atoms with Gasteiger partial charge in [0.15, 0.2) is 0 Å². The quantitative estimate of drug-likeness (QED) is 0.859. The summed E-state index contributed by atoms with van der Waals surface area (Å²) < 4.78 is 0. The van der Waals surface area contributed by atoms with Crippen molar-refractivity contribution in [1.29, 1.82) is 0 Å². The molecule has 0 aromatic heterocycles. The molecule has 0 amide bonds. The molecule has 2 heteroatoms. The van der Waals surface area contributed by atoms with Crippen molar-refractivity contribution in [1.82, 2.24) is 0 Å². The molecule has 0 radical (unpaired) electrons. The zero-order chi connectivity index (χ0) is 14.9. The topological polar surface area (TPSA) is 40.5 Å². The summed E-state index contributed by atoms with van der Waals surface area (Å²) in [6, 6.07) is 7.71. The Hall–Kier alpha value is -1.54. The van der Waals surface area contributed by atoms with Crippen LogP contribution in [0.4, 0.5) is 0 Å². The minimum absolute atomic E-state index is 0.0437. The predicted octanol–water partition coefficient (Wildman–Crippen LogP) is 4.09. The van der Waals surface area contributed by atoms with Gasteiger partial charge in [-0.25, -0.2) is 0 Å². The highest BCUT2D eigenvalue weighted by Crippen LogP contribution is 2.48. The summed E-state index contributed by atoms with van der Waals surface area (Å²) in [6.45, 7) is 2.33. The van der Waals surface area contributed by atoms with Crippen molar-refractivity contribution in [2.24, 2.45) is 5.92 Å².